The number of ether oxygens (including phenoxy) is 1. The highest BCUT2D eigenvalue weighted by molar-refractivity contribution is 6.30. The van der Waals surface area contributed by atoms with Gasteiger partial charge in [0, 0.05) is 29.3 Å². The third kappa shape index (κ3) is 6.24. The van der Waals surface area contributed by atoms with E-state index in [1.165, 1.54) is 13.0 Å². The SMILES string of the molecule is CC(=O)Nc1ccc(C(=O)COC(=O)/C=C/c2ccc(Cl)cc2)cc1. The molecule has 0 radical (unpaired) electrons. The average Bonchev–Trinajstić information content (AvgIpc) is 2.59. The van der Waals surface area contributed by atoms with Crippen LogP contribution in [0.25, 0.3) is 6.08 Å². The molecule has 0 aliphatic rings. The van der Waals surface area contributed by atoms with E-state index in [-0.39, 0.29) is 18.3 Å². The molecule has 0 saturated heterocycles. The van der Waals surface area contributed by atoms with Crippen molar-refractivity contribution < 1.29 is 19.1 Å². The van der Waals surface area contributed by atoms with E-state index in [1.807, 2.05) is 0 Å². The van der Waals surface area contributed by atoms with E-state index in [0.717, 1.165) is 5.56 Å². The van der Waals surface area contributed by atoms with Crippen LogP contribution in [-0.2, 0) is 14.3 Å². The highest BCUT2D eigenvalue weighted by Crippen LogP contribution is 2.11. The zero-order valence-corrected chi connectivity index (χ0v) is 14.2. The number of carbonyl (C=O) groups excluding carboxylic acids is 3. The highest BCUT2D eigenvalue weighted by Gasteiger charge is 2.08. The summed E-state index contributed by atoms with van der Waals surface area (Å²) in [5.74, 6) is -1.14. The zero-order chi connectivity index (χ0) is 18.2. The van der Waals surface area contributed by atoms with Crippen molar-refractivity contribution in [1.82, 2.24) is 0 Å². The van der Waals surface area contributed by atoms with Crippen molar-refractivity contribution in [3.8, 4) is 0 Å². The van der Waals surface area contributed by atoms with Gasteiger partial charge in [-0.2, -0.15) is 0 Å². The Labute approximate surface area is 150 Å². The number of hydrogen-bond acceptors (Lipinski definition) is 4. The quantitative estimate of drug-likeness (QED) is 0.485. The fourth-order valence-electron chi connectivity index (χ4n) is 1.95. The molecular formula is C19H16ClNO4. The number of benzene rings is 2. The average molecular weight is 358 g/mol. The van der Waals surface area contributed by atoms with E-state index in [1.54, 1.807) is 54.6 Å². The van der Waals surface area contributed by atoms with E-state index < -0.39 is 5.97 Å². The molecule has 2 aromatic carbocycles. The van der Waals surface area contributed by atoms with Gasteiger partial charge >= 0.3 is 5.97 Å². The number of esters is 1. The minimum atomic E-state index is -0.613. The van der Waals surface area contributed by atoms with Crippen molar-refractivity contribution >= 4 is 41.0 Å². The summed E-state index contributed by atoms with van der Waals surface area (Å²) in [5.41, 5.74) is 1.77. The van der Waals surface area contributed by atoms with Gasteiger partial charge in [0.1, 0.15) is 0 Å². The number of anilines is 1. The highest BCUT2D eigenvalue weighted by atomic mass is 35.5. The summed E-state index contributed by atoms with van der Waals surface area (Å²) in [6, 6.07) is 13.3. The van der Waals surface area contributed by atoms with E-state index in [9.17, 15) is 14.4 Å². The van der Waals surface area contributed by atoms with E-state index in [0.29, 0.717) is 16.3 Å². The second-order valence-electron chi connectivity index (χ2n) is 5.17. The van der Waals surface area contributed by atoms with Gasteiger partial charge in [-0.1, -0.05) is 23.7 Å². The van der Waals surface area contributed by atoms with Gasteiger partial charge in [0.15, 0.2) is 12.4 Å². The third-order valence-corrected chi connectivity index (χ3v) is 3.41. The van der Waals surface area contributed by atoms with Crippen molar-refractivity contribution in [3.63, 3.8) is 0 Å². The summed E-state index contributed by atoms with van der Waals surface area (Å²) in [7, 11) is 0. The first-order valence-corrected chi connectivity index (χ1v) is 7.83. The van der Waals surface area contributed by atoms with Crippen molar-refractivity contribution in [1.29, 1.82) is 0 Å². The van der Waals surface area contributed by atoms with Gasteiger partial charge in [0.25, 0.3) is 0 Å². The second-order valence-corrected chi connectivity index (χ2v) is 5.61. The largest absolute Gasteiger partial charge is 0.454 e. The molecule has 1 N–H and O–H groups in total. The van der Waals surface area contributed by atoms with Gasteiger partial charge in [-0.15, -0.1) is 0 Å². The molecular weight excluding hydrogens is 342 g/mol. The number of carbonyl (C=O) groups is 3. The number of hydrogen-bond donors (Lipinski definition) is 1. The van der Waals surface area contributed by atoms with Gasteiger partial charge in [-0.25, -0.2) is 4.79 Å². The number of nitrogens with one attached hydrogen (secondary N) is 1. The molecule has 128 valence electrons. The molecule has 0 fully saturated rings. The molecule has 0 saturated carbocycles. The predicted molar refractivity (Wildman–Crippen MR) is 96.5 cm³/mol. The maximum Gasteiger partial charge on any atom is 0.331 e. The van der Waals surface area contributed by atoms with E-state index >= 15 is 0 Å². The van der Waals surface area contributed by atoms with Crippen LogP contribution in [-0.4, -0.2) is 24.3 Å². The minimum absolute atomic E-state index is 0.194. The van der Waals surface area contributed by atoms with Crippen LogP contribution < -0.4 is 5.32 Å². The molecule has 0 heterocycles. The molecule has 0 aliphatic carbocycles. The molecule has 0 aliphatic heterocycles. The Balaban J connectivity index is 1.85. The van der Waals surface area contributed by atoms with Crippen LogP contribution in [0.2, 0.25) is 5.02 Å². The van der Waals surface area contributed by atoms with Crippen molar-refractivity contribution in [2.24, 2.45) is 0 Å². The molecule has 6 heteroatoms. The Bertz CT molecular complexity index is 795. The fourth-order valence-corrected chi connectivity index (χ4v) is 2.07. The van der Waals surface area contributed by atoms with Gasteiger partial charge in [0.05, 0.1) is 0 Å². The van der Waals surface area contributed by atoms with Crippen LogP contribution >= 0.6 is 11.6 Å². The summed E-state index contributed by atoms with van der Waals surface area (Å²) in [4.78, 5) is 34.6. The number of Topliss-reactive ketones (excluding diaryl/α,β-unsaturated/α-hetero) is 1. The Hall–Kier alpha value is -2.92. The Morgan fingerprint density at radius 2 is 1.68 bits per heavy atom. The predicted octanol–water partition coefficient (Wildman–Crippen LogP) is 3.74. The molecule has 0 aromatic heterocycles. The minimum Gasteiger partial charge on any atom is -0.454 e. The smallest absolute Gasteiger partial charge is 0.331 e. The lowest BCUT2D eigenvalue weighted by molar-refractivity contribution is -0.136. The molecule has 0 unspecified atom stereocenters. The standard InChI is InChI=1S/C19H16ClNO4/c1-13(22)21-17-9-5-15(6-10-17)18(23)12-25-19(24)11-4-14-2-7-16(20)8-3-14/h2-11H,12H2,1H3,(H,21,22)/b11-4+. The lowest BCUT2D eigenvalue weighted by Gasteiger charge is -2.04. The zero-order valence-electron chi connectivity index (χ0n) is 13.5. The lowest BCUT2D eigenvalue weighted by Crippen LogP contribution is -2.13. The van der Waals surface area contributed by atoms with Crippen molar-refractivity contribution in [2.45, 2.75) is 6.92 Å². The maximum absolute atomic E-state index is 12.0. The summed E-state index contributed by atoms with van der Waals surface area (Å²) in [6.45, 7) is 1.04. The second kappa shape index (κ2) is 8.80. The normalized spacial score (nSPS) is 10.5. The first-order valence-electron chi connectivity index (χ1n) is 7.45. The molecule has 2 aromatic rings. The number of ketones is 1. The van der Waals surface area contributed by atoms with Crippen molar-refractivity contribution in [3.05, 3.63) is 70.8 Å². The molecule has 0 atom stereocenters. The summed E-state index contributed by atoms with van der Waals surface area (Å²) >= 11 is 5.78. The third-order valence-electron chi connectivity index (χ3n) is 3.15. The van der Waals surface area contributed by atoms with Gasteiger partial charge < -0.3 is 10.1 Å². The van der Waals surface area contributed by atoms with Gasteiger partial charge in [-0.3, -0.25) is 9.59 Å². The van der Waals surface area contributed by atoms with E-state index in [4.69, 9.17) is 16.3 Å². The van der Waals surface area contributed by atoms with Crippen LogP contribution in [0.5, 0.6) is 0 Å². The number of amides is 1. The maximum atomic E-state index is 12.0. The summed E-state index contributed by atoms with van der Waals surface area (Å²) in [6.07, 6.45) is 2.82. The monoisotopic (exact) mass is 357 g/mol. The van der Waals surface area contributed by atoms with Crippen molar-refractivity contribution in [2.75, 3.05) is 11.9 Å². The Morgan fingerprint density at radius 3 is 2.28 bits per heavy atom. The molecule has 0 spiro atoms. The number of halogens is 1. The molecule has 25 heavy (non-hydrogen) atoms. The molecule has 2 rings (SSSR count). The molecule has 1 amide bonds. The summed E-state index contributed by atoms with van der Waals surface area (Å²) in [5, 5.41) is 3.21. The Kier molecular flexibility index (Phi) is 6.48. The van der Waals surface area contributed by atoms with Crippen LogP contribution in [0.15, 0.2) is 54.6 Å². The van der Waals surface area contributed by atoms with Crippen LogP contribution in [0, 0.1) is 0 Å². The molecule has 0 bridgehead atoms. The van der Waals surface area contributed by atoms with Gasteiger partial charge in [0.2, 0.25) is 5.91 Å². The first-order chi connectivity index (χ1) is 11.9. The molecule has 5 nitrogen and oxygen atoms in total. The number of rotatable bonds is 6. The Morgan fingerprint density at radius 1 is 1.04 bits per heavy atom. The van der Waals surface area contributed by atoms with E-state index in [2.05, 4.69) is 5.32 Å². The topological polar surface area (TPSA) is 72.5 Å². The summed E-state index contributed by atoms with van der Waals surface area (Å²) < 4.78 is 4.93. The van der Waals surface area contributed by atoms with Crippen LogP contribution in [0.4, 0.5) is 5.69 Å². The van der Waals surface area contributed by atoms with Crippen LogP contribution in [0.1, 0.15) is 22.8 Å². The van der Waals surface area contributed by atoms with Gasteiger partial charge in [-0.05, 0) is 48.0 Å². The fraction of sp³-hybridized carbons (Fsp3) is 0.105. The van der Waals surface area contributed by atoms with Crippen LogP contribution in [0.3, 0.4) is 0 Å². The first kappa shape index (κ1) is 18.4. The lowest BCUT2D eigenvalue weighted by atomic mass is 10.1.